The Morgan fingerprint density at radius 1 is 0.625 bits per heavy atom. The van der Waals surface area contributed by atoms with Crippen LogP contribution in [-0.4, -0.2) is 18.0 Å². The molecule has 2 aliphatic heterocycles. The zero-order chi connectivity index (χ0) is 16.8. The molecule has 5 amide bonds. The Kier molecular flexibility index (Phi) is 2.86. The van der Waals surface area contributed by atoms with Crippen molar-refractivity contribution in [2.45, 2.75) is 11.2 Å². The van der Waals surface area contributed by atoms with Gasteiger partial charge in [0.25, 0.3) is 5.91 Å². The number of amides is 5. The minimum absolute atomic E-state index is 0.542. The van der Waals surface area contributed by atoms with Crippen LogP contribution in [0.4, 0.5) is 9.59 Å². The average Bonchev–Trinajstić information content (AvgIpc) is 2.91. The molecule has 120 valence electrons. The van der Waals surface area contributed by atoms with Crippen LogP contribution >= 0.6 is 0 Å². The molecule has 2 fully saturated rings. The van der Waals surface area contributed by atoms with Crippen LogP contribution in [0.5, 0.6) is 0 Å². The fourth-order valence-corrected chi connectivity index (χ4v) is 3.47. The Morgan fingerprint density at radius 2 is 1.17 bits per heavy atom. The van der Waals surface area contributed by atoms with E-state index in [1.807, 2.05) is 12.1 Å². The number of carbonyl (C=O) groups is 3. The minimum Gasteiger partial charge on any atom is -0.316 e. The molecule has 2 atom stereocenters. The van der Waals surface area contributed by atoms with Gasteiger partial charge in [0.2, 0.25) is 0 Å². The van der Waals surface area contributed by atoms with E-state index in [2.05, 4.69) is 21.3 Å². The van der Waals surface area contributed by atoms with Crippen LogP contribution in [0.1, 0.15) is 11.1 Å². The summed E-state index contributed by atoms with van der Waals surface area (Å²) in [5.74, 6) is -0.598. The van der Waals surface area contributed by atoms with Crippen molar-refractivity contribution in [3.05, 3.63) is 71.8 Å². The molecule has 0 spiro atoms. The smallest absolute Gasteiger partial charge is 0.316 e. The summed E-state index contributed by atoms with van der Waals surface area (Å²) < 4.78 is 0. The van der Waals surface area contributed by atoms with Gasteiger partial charge in [-0.2, -0.15) is 0 Å². The predicted molar refractivity (Wildman–Crippen MR) is 84.6 cm³/mol. The molecule has 4 N–H and O–H groups in total. The summed E-state index contributed by atoms with van der Waals surface area (Å²) in [5.41, 5.74) is -1.77. The lowest BCUT2D eigenvalue weighted by Crippen LogP contribution is -2.76. The van der Waals surface area contributed by atoms with Gasteiger partial charge in [0, 0.05) is 5.56 Å². The molecule has 7 heteroatoms. The van der Waals surface area contributed by atoms with Crippen molar-refractivity contribution < 1.29 is 14.4 Å². The molecular weight excluding hydrogens is 308 g/mol. The normalized spacial score (nSPS) is 28.2. The first kappa shape index (κ1) is 14.3. The second kappa shape index (κ2) is 4.82. The fraction of sp³-hybridized carbons (Fsp3) is 0.118. The lowest BCUT2D eigenvalue weighted by molar-refractivity contribution is -0.131. The first-order valence-corrected chi connectivity index (χ1v) is 7.43. The summed E-state index contributed by atoms with van der Waals surface area (Å²) in [6.07, 6.45) is 0. The van der Waals surface area contributed by atoms with Gasteiger partial charge in [-0.15, -0.1) is 0 Å². The molecule has 2 aromatic rings. The number of carbonyl (C=O) groups excluding carboxylic acids is 3. The van der Waals surface area contributed by atoms with E-state index in [0.29, 0.717) is 11.1 Å². The van der Waals surface area contributed by atoms with E-state index in [9.17, 15) is 14.4 Å². The van der Waals surface area contributed by atoms with Gasteiger partial charge in [-0.05, 0) is 5.56 Å². The van der Waals surface area contributed by atoms with Crippen molar-refractivity contribution in [1.29, 1.82) is 0 Å². The molecule has 0 aromatic heterocycles. The van der Waals surface area contributed by atoms with Gasteiger partial charge in [-0.25, -0.2) is 9.59 Å². The van der Waals surface area contributed by atoms with Gasteiger partial charge in [0.05, 0.1) is 0 Å². The van der Waals surface area contributed by atoms with Gasteiger partial charge in [-0.3, -0.25) is 10.1 Å². The Morgan fingerprint density at radius 3 is 1.79 bits per heavy atom. The maximum Gasteiger partial charge on any atom is 0.323 e. The van der Waals surface area contributed by atoms with Crippen LogP contribution in [0.2, 0.25) is 0 Å². The number of imide groups is 1. The van der Waals surface area contributed by atoms with Crippen molar-refractivity contribution in [2.24, 2.45) is 0 Å². The van der Waals surface area contributed by atoms with E-state index in [0.717, 1.165) is 0 Å². The molecule has 0 bridgehead atoms. The lowest BCUT2D eigenvalue weighted by Gasteiger charge is -2.46. The van der Waals surface area contributed by atoms with Gasteiger partial charge in [-0.1, -0.05) is 60.7 Å². The van der Waals surface area contributed by atoms with Crippen molar-refractivity contribution in [1.82, 2.24) is 21.3 Å². The predicted octanol–water partition coefficient (Wildman–Crippen LogP) is 0.887. The van der Waals surface area contributed by atoms with E-state index in [-0.39, 0.29) is 0 Å². The largest absolute Gasteiger partial charge is 0.323 e. The number of rotatable bonds is 2. The zero-order valence-electron chi connectivity index (χ0n) is 12.5. The molecule has 0 saturated carbocycles. The van der Waals surface area contributed by atoms with Crippen molar-refractivity contribution in [3.63, 3.8) is 0 Å². The standard InChI is InChI=1S/C17H14N4O3/c22-13-16(11-7-3-1-4-8-11)17(20-14(23)18-13,21-15(24)19-16)12-9-5-2-6-10-12/h1-10H,(H2,19,21,24)(H2,18,20,22,23). The zero-order valence-corrected chi connectivity index (χ0v) is 12.5. The molecule has 2 aliphatic rings. The first-order chi connectivity index (χ1) is 11.6. The topological polar surface area (TPSA) is 99.3 Å². The number of fused-ring (bicyclic) bond motifs is 1. The summed E-state index contributed by atoms with van der Waals surface area (Å²) in [7, 11) is 0. The monoisotopic (exact) mass is 322 g/mol. The molecule has 4 rings (SSSR count). The maximum absolute atomic E-state index is 12.9. The summed E-state index contributed by atoms with van der Waals surface area (Å²) in [6, 6.07) is 16.5. The van der Waals surface area contributed by atoms with E-state index in [4.69, 9.17) is 0 Å². The van der Waals surface area contributed by atoms with Gasteiger partial charge in [0.15, 0.2) is 11.2 Å². The molecular formula is C17H14N4O3. The number of nitrogens with one attached hydrogen (secondary N) is 4. The third-order valence-corrected chi connectivity index (χ3v) is 4.45. The number of hydrogen-bond donors (Lipinski definition) is 4. The highest BCUT2D eigenvalue weighted by Gasteiger charge is 2.68. The molecule has 24 heavy (non-hydrogen) atoms. The highest BCUT2D eigenvalue weighted by molar-refractivity contribution is 6.08. The highest BCUT2D eigenvalue weighted by Crippen LogP contribution is 2.43. The molecule has 0 aliphatic carbocycles. The van der Waals surface area contributed by atoms with Crippen LogP contribution in [0.25, 0.3) is 0 Å². The van der Waals surface area contributed by atoms with E-state index in [1.54, 1.807) is 48.5 Å². The fourth-order valence-electron chi connectivity index (χ4n) is 3.47. The highest BCUT2D eigenvalue weighted by atomic mass is 16.2. The number of hydrogen-bond acceptors (Lipinski definition) is 3. The van der Waals surface area contributed by atoms with Crippen LogP contribution in [0, 0.1) is 0 Å². The molecule has 0 radical (unpaired) electrons. The summed E-state index contributed by atoms with van der Waals surface area (Å²) in [4.78, 5) is 37.2. The van der Waals surface area contributed by atoms with Crippen LogP contribution in [0.3, 0.4) is 0 Å². The molecule has 2 aromatic carbocycles. The Hall–Kier alpha value is -3.35. The first-order valence-electron chi connectivity index (χ1n) is 7.43. The van der Waals surface area contributed by atoms with Crippen LogP contribution < -0.4 is 21.3 Å². The van der Waals surface area contributed by atoms with Crippen molar-refractivity contribution in [3.8, 4) is 0 Å². The maximum atomic E-state index is 12.9. The molecule has 2 heterocycles. The van der Waals surface area contributed by atoms with Crippen LogP contribution in [0.15, 0.2) is 60.7 Å². The Labute approximate surface area is 137 Å². The van der Waals surface area contributed by atoms with Crippen molar-refractivity contribution in [2.75, 3.05) is 0 Å². The number of urea groups is 2. The Balaban J connectivity index is 2.04. The van der Waals surface area contributed by atoms with E-state index in [1.165, 1.54) is 0 Å². The quantitative estimate of drug-likeness (QED) is 0.660. The average molecular weight is 322 g/mol. The number of benzene rings is 2. The third-order valence-electron chi connectivity index (χ3n) is 4.45. The van der Waals surface area contributed by atoms with Gasteiger partial charge < -0.3 is 16.0 Å². The van der Waals surface area contributed by atoms with E-state index < -0.39 is 29.2 Å². The lowest BCUT2D eigenvalue weighted by atomic mass is 9.73. The Bertz CT molecular complexity index is 839. The second-order valence-electron chi connectivity index (χ2n) is 5.72. The molecule has 7 nitrogen and oxygen atoms in total. The summed E-state index contributed by atoms with van der Waals surface area (Å²) >= 11 is 0. The SMILES string of the molecule is O=C1NC(=O)C2(c3ccccc3)NC(=O)NC2(c2ccccc2)N1. The summed E-state index contributed by atoms with van der Waals surface area (Å²) in [6.45, 7) is 0. The summed E-state index contributed by atoms with van der Waals surface area (Å²) in [5, 5.41) is 10.5. The second-order valence-corrected chi connectivity index (χ2v) is 5.72. The van der Waals surface area contributed by atoms with Crippen molar-refractivity contribution >= 4 is 18.0 Å². The minimum atomic E-state index is -1.50. The van der Waals surface area contributed by atoms with Gasteiger partial charge >= 0.3 is 12.1 Å². The van der Waals surface area contributed by atoms with Gasteiger partial charge in [0.1, 0.15) is 0 Å². The van der Waals surface area contributed by atoms with Crippen LogP contribution in [-0.2, 0) is 16.0 Å². The molecule has 2 saturated heterocycles. The third kappa shape index (κ3) is 1.69. The molecule has 2 unspecified atom stereocenters. The van der Waals surface area contributed by atoms with E-state index >= 15 is 0 Å².